The van der Waals surface area contributed by atoms with Crippen LogP contribution in [-0.2, 0) is 9.53 Å². The third kappa shape index (κ3) is 5.47. The largest absolute Gasteiger partial charge is 0.496 e. The van der Waals surface area contributed by atoms with E-state index in [1.54, 1.807) is 18.2 Å². The minimum atomic E-state index is -0.457. The molecule has 1 aromatic rings. The van der Waals surface area contributed by atoms with Crippen LogP contribution in [-0.4, -0.2) is 50.6 Å². The highest BCUT2D eigenvalue weighted by Gasteiger charge is 2.14. The second-order valence-corrected chi connectivity index (χ2v) is 5.14. The van der Waals surface area contributed by atoms with Gasteiger partial charge in [-0.3, -0.25) is 4.79 Å². The molecule has 6 nitrogen and oxygen atoms in total. The molecule has 1 rings (SSSR count). The van der Waals surface area contributed by atoms with Gasteiger partial charge in [-0.25, -0.2) is 4.79 Å². The van der Waals surface area contributed by atoms with Crippen molar-refractivity contribution in [2.45, 2.75) is 26.7 Å². The van der Waals surface area contributed by atoms with Crippen molar-refractivity contribution in [3.05, 3.63) is 23.8 Å². The molecular weight excluding hydrogens is 296 g/mol. The van der Waals surface area contributed by atoms with Crippen LogP contribution in [0, 0.1) is 0 Å². The van der Waals surface area contributed by atoms with Crippen LogP contribution in [0.4, 0.5) is 5.69 Å². The fourth-order valence-electron chi connectivity index (χ4n) is 2.27. The normalized spacial score (nSPS) is 10.1. The van der Waals surface area contributed by atoms with Crippen molar-refractivity contribution in [2.75, 3.05) is 39.2 Å². The zero-order valence-corrected chi connectivity index (χ0v) is 14.3. The highest BCUT2D eigenvalue weighted by atomic mass is 16.5. The zero-order valence-electron chi connectivity index (χ0n) is 14.3. The lowest BCUT2D eigenvalue weighted by molar-refractivity contribution is -0.129. The lowest BCUT2D eigenvalue weighted by atomic mass is 10.2. The maximum atomic E-state index is 12.2. The van der Waals surface area contributed by atoms with Gasteiger partial charge in [-0.15, -0.1) is 0 Å². The lowest BCUT2D eigenvalue weighted by Crippen LogP contribution is -2.36. The Kier molecular flexibility index (Phi) is 7.94. The maximum absolute atomic E-state index is 12.2. The van der Waals surface area contributed by atoms with Crippen LogP contribution in [0.5, 0.6) is 5.75 Å². The van der Waals surface area contributed by atoms with Gasteiger partial charge < -0.3 is 19.7 Å². The number of ether oxygens (including phenoxy) is 2. The fourth-order valence-corrected chi connectivity index (χ4v) is 2.27. The van der Waals surface area contributed by atoms with Crippen LogP contribution < -0.4 is 10.1 Å². The molecule has 0 saturated carbocycles. The number of benzene rings is 1. The van der Waals surface area contributed by atoms with Crippen molar-refractivity contribution >= 4 is 17.6 Å². The van der Waals surface area contributed by atoms with Crippen LogP contribution in [0.15, 0.2) is 18.2 Å². The molecule has 0 aromatic heterocycles. The van der Waals surface area contributed by atoms with Gasteiger partial charge in [0.2, 0.25) is 5.91 Å². The predicted octanol–water partition coefficient (Wildman–Crippen LogP) is 2.54. The number of anilines is 1. The molecule has 1 N–H and O–H groups in total. The van der Waals surface area contributed by atoms with Gasteiger partial charge >= 0.3 is 5.97 Å². The van der Waals surface area contributed by atoms with E-state index in [1.165, 1.54) is 14.2 Å². The first-order chi connectivity index (χ1) is 11.1. The van der Waals surface area contributed by atoms with Crippen molar-refractivity contribution in [2.24, 2.45) is 0 Å². The first-order valence-electron chi connectivity index (χ1n) is 7.85. The highest BCUT2D eigenvalue weighted by Crippen LogP contribution is 2.23. The number of esters is 1. The van der Waals surface area contributed by atoms with Crippen LogP contribution in [0.1, 0.15) is 37.0 Å². The quantitative estimate of drug-likeness (QED) is 0.708. The molecule has 0 atom stereocenters. The molecule has 0 fully saturated rings. The number of carbonyl (C=O) groups excluding carboxylic acids is 2. The van der Waals surface area contributed by atoms with Crippen LogP contribution >= 0.6 is 0 Å². The Morgan fingerprint density at radius 2 is 1.78 bits per heavy atom. The number of nitrogens with zero attached hydrogens (tertiary/aromatic N) is 1. The molecule has 1 amide bonds. The van der Waals surface area contributed by atoms with Crippen LogP contribution in [0.25, 0.3) is 0 Å². The molecule has 23 heavy (non-hydrogen) atoms. The maximum Gasteiger partial charge on any atom is 0.341 e. The second kappa shape index (κ2) is 9.71. The lowest BCUT2D eigenvalue weighted by Gasteiger charge is -2.22. The van der Waals surface area contributed by atoms with Crippen molar-refractivity contribution in [1.82, 2.24) is 4.90 Å². The number of carbonyl (C=O) groups is 2. The third-order valence-corrected chi connectivity index (χ3v) is 3.39. The molecule has 0 bridgehead atoms. The van der Waals surface area contributed by atoms with E-state index >= 15 is 0 Å². The SMILES string of the molecule is CCCN(CCC)C(=O)CNc1ccc(C(=O)OC)c(OC)c1. The Balaban J connectivity index is 2.74. The van der Waals surface area contributed by atoms with E-state index < -0.39 is 5.97 Å². The minimum Gasteiger partial charge on any atom is -0.496 e. The smallest absolute Gasteiger partial charge is 0.341 e. The summed E-state index contributed by atoms with van der Waals surface area (Å²) in [7, 11) is 2.81. The number of nitrogens with one attached hydrogen (secondary N) is 1. The van der Waals surface area contributed by atoms with E-state index in [-0.39, 0.29) is 12.5 Å². The molecule has 0 aliphatic heterocycles. The van der Waals surface area contributed by atoms with E-state index in [1.807, 2.05) is 4.90 Å². The van der Waals surface area contributed by atoms with E-state index in [9.17, 15) is 9.59 Å². The first-order valence-corrected chi connectivity index (χ1v) is 7.85. The van der Waals surface area contributed by atoms with Crippen molar-refractivity contribution in [3.8, 4) is 5.75 Å². The Morgan fingerprint density at radius 1 is 1.13 bits per heavy atom. The van der Waals surface area contributed by atoms with Crippen molar-refractivity contribution < 1.29 is 19.1 Å². The molecule has 0 unspecified atom stereocenters. The summed E-state index contributed by atoms with van der Waals surface area (Å²) in [4.78, 5) is 25.7. The Labute approximate surface area is 137 Å². The van der Waals surface area contributed by atoms with Gasteiger partial charge in [0.15, 0.2) is 0 Å². The summed E-state index contributed by atoms with van der Waals surface area (Å²) < 4.78 is 9.91. The Bertz CT molecular complexity index is 525. The summed E-state index contributed by atoms with van der Waals surface area (Å²) in [6, 6.07) is 5.03. The van der Waals surface area contributed by atoms with E-state index in [0.29, 0.717) is 11.3 Å². The van der Waals surface area contributed by atoms with E-state index in [0.717, 1.165) is 31.6 Å². The number of methoxy groups -OCH3 is 2. The second-order valence-electron chi connectivity index (χ2n) is 5.14. The molecule has 128 valence electrons. The van der Waals surface area contributed by atoms with Gasteiger partial charge in [0.25, 0.3) is 0 Å². The standard InChI is InChI=1S/C17H26N2O4/c1-5-9-19(10-6-2)16(20)12-18-13-7-8-14(17(21)23-4)15(11-13)22-3/h7-8,11,18H,5-6,9-10,12H2,1-4H3. The molecule has 1 aromatic carbocycles. The molecule has 0 spiro atoms. The summed E-state index contributed by atoms with van der Waals surface area (Å²) in [5, 5.41) is 3.08. The molecule has 0 aliphatic rings. The van der Waals surface area contributed by atoms with Crippen LogP contribution in [0.3, 0.4) is 0 Å². The third-order valence-electron chi connectivity index (χ3n) is 3.39. The van der Waals surface area contributed by atoms with Crippen molar-refractivity contribution in [1.29, 1.82) is 0 Å². The summed E-state index contributed by atoms with van der Waals surface area (Å²) in [5.41, 5.74) is 1.07. The minimum absolute atomic E-state index is 0.0599. The van der Waals surface area contributed by atoms with Gasteiger partial charge in [-0.05, 0) is 25.0 Å². The Morgan fingerprint density at radius 3 is 2.30 bits per heavy atom. The molecule has 0 aliphatic carbocycles. The molecule has 6 heteroatoms. The van der Waals surface area contributed by atoms with Gasteiger partial charge in [0.1, 0.15) is 11.3 Å². The highest BCUT2D eigenvalue weighted by molar-refractivity contribution is 5.93. The topological polar surface area (TPSA) is 67.9 Å². The van der Waals surface area contributed by atoms with Crippen LogP contribution in [0.2, 0.25) is 0 Å². The summed E-state index contributed by atoms with van der Waals surface area (Å²) in [6.45, 7) is 5.85. The summed E-state index contributed by atoms with van der Waals surface area (Å²) in [6.07, 6.45) is 1.88. The van der Waals surface area contributed by atoms with Gasteiger partial charge in [0, 0.05) is 24.8 Å². The van der Waals surface area contributed by atoms with Gasteiger partial charge in [0.05, 0.1) is 20.8 Å². The van der Waals surface area contributed by atoms with Crippen molar-refractivity contribution in [3.63, 3.8) is 0 Å². The number of hydrogen-bond donors (Lipinski definition) is 1. The van der Waals surface area contributed by atoms with Gasteiger partial charge in [-0.2, -0.15) is 0 Å². The number of rotatable bonds is 9. The van der Waals surface area contributed by atoms with E-state index in [2.05, 4.69) is 19.2 Å². The average molecular weight is 322 g/mol. The molecule has 0 radical (unpaired) electrons. The summed E-state index contributed by atoms with van der Waals surface area (Å²) in [5.74, 6) is 0.0134. The molecule has 0 heterocycles. The summed E-state index contributed by atoms with van der Waals surface area (Å²) >= 11 is 0. The monoisotopic (exact) mass is 322 g/mol. The molecule has 0 saturated heterocycles. The first kappa shape index (κ1) is 18.8. The average Bonchev–Trinajstić information content (AvgIpc) is 2.58. The fraction of sp³-hybridized carbons (Fsp3) is 0.529. The predicted molar refractivity (Wildman–Crippen MR) is 90.0 cm³/mol. The Hall–Kier alpha value is -2.24. The van der Waals surface area contributed by atoms with E-state index in [4.69, 9.17) is 9.47 Å². The zero-order chi connectivity index (χ0) is 17.2. The molecular formula is C17H26N2O4. The van der Waals surface area contributed by atoms with Gasteiger partial charge in [-0.1, -0.05) is 13.8 Å². The number of hydrogen-bond acceptors (Lipinski definition) is 5. The number of amides is 1.